The minimum Gasteiger partial charge on any atom is -0.384 e. The van der Waals surface area contributed by atoms with Crippen LogP contribution in [0.4, 0.5) is 5.82 Å². The lowest BCUT2D eigenvalue weighted by molar-refractivity contribution is 1.15. The molecular weight excluding hydrogens is 224 g/mol. The van der Waals surface area contributed by atoms with Crippen LogP contribution in [-0.4, -0.2) is 11.2 Å². The van der Waals surface area contributed by atoms with E-state index in [0.717, 1.165) is 15.9 Å². The number of nitrogen functional groups attached to an aromatic ring is 1. The highest BCUT2D eigenvalue weighted by Crippen LogP contribution is 2.18. The normalized spacial score (nSPS) is 10.0. The van der Waals surface area contributed by atoms with Crippen LogP contribution in [0.1, 0.15) is 5.69 Å². The first-order valence-corrected chi connectivity index (χ1v) is 5.47. The van der Waals surface area contributed by atoms with Crippen molar-refractivity contribution < 1.29 is 0 Å². The summed E-state index contributed by atoms with van der Waals surface area (Å²) in [5.74, 6) is 0.589. The van der Waals surface area contributed by atoms with Gasteiger partial charge in [-0.3, -0.25) is 0 Å². The third-order valence-corrected chi connectivity index (χ3v) is 2.53. The van der Waals surface area contributed by atoms with Crippen molar-refractivity contribution in [3.63, 3.8) is 0 Å². The Morgan fingerprint density at radius 2 is 2.36 bits per heavy atom. The first-order chi connectivity index (χ1) is 5.26. The first-order valence-electron chi connectivity index (χ1n) is 3.12. The number of alkyl halides is 1. The molecule has 0 unspecified atom stereocenters. The number of nitrogens with zero attached hydrogens (tertiary/aromatic N) is 1. The van der Waals surface area contributed by atoms with E-state index in [2.05, 4.69) is 20.9 Å². The standard InChI is InChI=1S/C7H9BrN2S/c1-11-6-2-5(4-8)10-7(9)3-6/h2-3H,4H2,1H3,(H2,9,10). The number of pyridine rings is 1. The molecule has 0 atom stereocenters. The Bertz CT molecular complexity index is 230. The van der Waals surface area contributed by atoms with Crippen LogP contribution in [0.3, 0.4) is 0 Å². The summed E-state index contributed by atoms with van der Waals surface area (Å²) in [4.78, 5) is 5.28. The number of nitrogens with two attached hydrogens (primary N) is 1. The maximum atomic E-state index is 5.57. The smallest absolute Gasteiger partial charge is 0.124 e. The van der Waals surface area contributed by atoms with E-state index in [9.17, 15) is 0 Å². The van der Waals surface area contributed by atoms with Gasteiger partial charge in [0.25, 0.3) is 0 Å². The van der Waals surface area contributed by atoms with Crippen LogP contribution >= 0.6 is 27.7 Å². The minimum atomic E-state index is 0.589. The van der Waals surface area contributed by atoms with E-state index in [1.165, 1.54) is 0 Å². The molecule has 11 heavy (non-hydrogen) atoms. The van der Waals surface area contributed by atoms with Crippen molar-refractivity contribution in [2.75, 3.05) is 12.0 Å². The fourth-order valence-corrected chi connectivity index (χ4v) is 1.55. The number of aromatic nitrogens is 1. The highest BCUT2D eigenvalue weighted by atomic mass is 79.9. The Morgan fingerprint density at radius 1 is 1.64 bits per heavy atom. The summed E-state index contributed by atoms with van der Waals surface area (Å²) >= 11 is 5.00. The van der Waals surface area contributed by atoms with Gasteiger partial charge in [-0.05, 0) is 18.4 Å². The van der Waals surface area contributed by atoms with Crippen LogP contribution in [-0.2, 0) is 5.33 Å². The number of hydrogen-bond donors (Lipinski definition) is 1. The molecule has 1 aromatic heterocycles. The summed E-state index contributed by atoms with van der Waals surface area (Å²) in [6.07, 6.45) is 2.02. The summed E-state index contributed by atoms with van der Waals surface area (Å²) in [6.45, 7) is 0. The zero-order chi connectivity index (χ0) is 8.27. The van der Waals surface area contributed by atoms with Crippen molar-refractivity contribution in [2.24, 2.45) is 0 Å². The van der Waals surface area contributed by atoms with Gasteiger partial charge < -0.3 is 5.73 Å². The lowest BCUT2D eigenvalue weighted by atomic mass is 10.4. The molecule has 0 amide bonds. The molecule has 4 heteroatoms. The third-order valence-electron chi connectivity index (χ3n) is 1.24. The van der Waals surface area contributed by atoms with Crippen molar-refractivity contribution in [1.82, 2.24) is 4.98 Å². The predicted molar refractivity (Wildman–Crippen MR) is 53.1 cm³/mol. The summed E-state index contributed by atoms with van der Waals surface area (Å²) in [7, 11) is 0. The van der Waals surface area contributed by atoms with E-state index in [4.69, 9.17) is 5.73 Å². The van der Waals surface area contributed by atoms with Gasteiger partial charge in [-0.15, -0.1) is 11.8 Å². The van der Waals surface area contributed by atoms with Crippen molar-refractivity contribution in [1.29, 1.82) is 0 Å². The molecule has 0 fully saturated rings. The van der Waals surface area contributed by atoms with E-state index in [0.29, 0.717) is 5.82 Å². The highest BCUT2D eigenvalue weighted by molar-refractivity contribution is 9.08. The zero-order valence-electron chi connectivity index (χ0n) is 6.17. The Hall–Kier alpha value is -0.220. The molecule has 1 aromatic rings. The topological polar surface area (TPSA) is 38.9 Å². The SMILES string of the molecule is CSc1cc(N)nc(CBr)c1. The fourth-order valence-electron chi connectivity index (χ4n) is 0.768. The summed E-state index contributed by atoms with van der Waals surface area (Å²) in [6, 6.07) is 3.90. The zero-order valence-corrected chi connectivity index (χ0v) is 8.58. The molecule has 0 saturated heterocycles. The number of rotatable bonds is 2. The molecule has 2 N–H and O–H groups in total. The third kappa shape index (κ3) is 2.38. The molecule has 0 aliphatic heterocycles. The van der Waals surface area contributed by atoms with Crippen LogP contribution in [0.25, 0.3) is 0 Å². The predicted octanol–water partition coefficient (Wildman–Crippen LogP) is 2.28. The van der Waals surface area contributed by atoms with Gasteiger partial charge in [-0.1, -0.05) is 15.9 Å². The second-order valence-electron chi connectivity index (χ2n) is 2.06. The fraction of sp³-hybridized carbons (Fsp3) is 0.286. The molecule has 0 aliphatic carbocycles. The molecule has 0 spiro atoms. The van der Waals surface area contributed by atoms with Gasteiger partial charge in [0, 0.05) is 10.2 Å². The molecule has 0 radical (unpaired) electrons. The van der Waals surface area contributed by atoms with Crippen molar-refractivity contribution in [3.8, 4) is 0 Å². The lowest BCUT2D eigenvalue weighted by Crippen LogP contribution is -1.93. The maximum absolute atomic E-state index is 5.57. The average molecular weight is 233 g/mol. The van der Waals surface area contributed by atoms with Crippen LogP contribution in [0.15, 0.2) is 17.0 Å². The highest BCUT2D eigenvalue weighted by Gasteiger charge is 1.97. The van der Waals surface area contributed by atoms with E-state index in [1.807, 2.05) is 18.4 Å². The molecule has 60 valence electrons. The average Bonchev–Trinajstić information content (AvgIpc) is 2.03. The van der Waals surface area contributed by atoms with Gasteiger partial charge >= 0.3 is 0 Å². The molecule has 0 saturated carbocycles. The number of hydrogen-bond acceptors (Lipinski definition) is 3. The molecule has 0 bridgehead atoms. The molecule has 1 rings (SSSR count). The van der Waals surface area contributed by atoms with Gasteiger partial charge in [0.1, 0.15) is 5.82 Å². The summed E-state index contributed by atoms with van der Waals surface area (Å²) in [5, 5.41) is 0.756. The minimum absolute atomic E-state index is 0.589. The number of halogens is 1. The number of thioether (sulfide) groups is 1. The van der Waals surface area contributed by atoms with Gasteiger partial charge in [-0.25, -0.2) is 4.98 Å². The second-order valence-corrected chi connectivity index (χ2v) is 3.50. The quantitative estimate of drug-likeness (QED) is 0.629. The Morgan fingerprint density at radius 3 is 2.91 bits per heavy atom. The van der Waals surface area contributed by atoms with E-state index in [-0.39, 0.29) is 0 Å². The van der Waals surface area contributed by atoms with Crippen LogP contribution < -0.4 is 5.73 Å². The molecule has 0 aliphatic rings. The molecule has 1 heterocycles. The summed E-state index contributed by atoms with van der Waals surface area (Å²) < 4.78 is 0. The van der Waals surface area contributed by atoms with E-state index < -0.39 is 0 Å². The van der Waals surface area contributed by atoms with Crippen LogP contribution in [0.2, 0.25) is 0 Å². The van der Waals surface area contributed by atoms with Crippen LogP contribution in [0.5, 0.6) is 0 Å². The van der Waals surface area contributed by atoms with Crippen molar-refractivity contribution in [3.05, 3.63) is 17.8 Å². The monoisotopic (exact) mass is 232 g/mol. The Balaban J connectivity index is 3.02. The Labute approximate surface area is 78.7 Å². The van der Waals surface area contributed by atoms with Gasteiger partial charge in [0.15, 0.2) is 0 Å². The van der Waals surface area contributed by atoms with Gasteiger partial charge in [0.05, 0.1) is 5.69 Å². The second kappa shape index (κ2) is 3.97. The Kier molecular flexibility index (Phi) is 3.20. The lowest BCUT2D eigenvalue weighted by Gasteiger charge is -2.00. The largest absolute Gasteiger partial charge is 0.384 e. The van der Waals surface area contributed by atoms with E-state index in [1.54, 1.807) is 11.8 Å². The number of anilines is 1. The van der Waals surface area contributed by atoms with Gasteiger partial charge in [0.2, 0.25) is 0 Å². The van der Waals surface area contributed by atoms with E-state index >= 15 is 0 Å². The maximum Gasteiger partial charge on any atom is 0.124 e. The molecule has 0 aromatic carbocycles. The molecule has 2 nitrogen and oxygen atoms in total. The first kappa shape index (κ1) is 8.87. The van der Waals surface area contributed by atoms with Crippen molar-refractivity contribution in [2.45, 2.75) is 10.2 Å². The molecular formula is C7H9BrN2S. The van der Waals surface area contributed by atoms with Crippen molar-refractivity contribution >= 4 is 33.5 Å². The summed E-state index contributed by atoms with van der Waals surface area (Å²) in [5.41, 5.74) is 6.55. The van der Waals surface area contributed by atoms with Crippen LogP contribution in [0, 0.1) is 0 Å². The van der Waals surface area contributed by atoms with Gasteiger partial charge in [-0.2, -0.15) is 0 Å².